The predicted octanol–water partition coefficient (Wildman–Crippen LogP) is 4.19. The average molecular weight is 417 g/mol. The zero-order valence-corrected chi connectivity index (χ0v) is 16.9. The summed E-state index contributed by atoms with van der Waals surface area (Å²) < 4.78 is 0. The summed E-state index contributed by atoms with van der Waals surface area (Å²) in [5.74, 6) is 1.85. The summed E-state index contributed by atoms with van der Waals surface area (Å²) in [4.78, 5) is 17.7. The van der Waals surface area contributed by atoms with E-state index in [0.29, 0.717) is 36.1 Å². The van der Waals surface area contributed by atoms with E-state index in [1.165, 1.54) is 4.88 Å². The van der Waals surface area contributed by atoms with Crippen molar-refractivity contribution in [3.8, 4) is 10.4 Å². The van der Waals surface area contributed by atoms with Crippen LogP contribution in [0.25, 0.3) is 10.4 Å². The highest BCUT2D eigenvalue weighted by Crippen LogP contribution is 2.24. The van der Waals surface area contributed by atoms with Crippen LogP contribution in [-0.2, 0) is 0 Å². The van der Waals surface area contributed by atoms with Gasteiger partial charge in [-0.05, 0) is 53.4 Å². The molecule has 1 amide bonds. The molecule has 3 aromatic heterocycles. The van der Waals surface area contributed by atoms with Crippen molar-refractivity contribution < 1.29 is 4.79 Å². The number of nitrogens with one attached hydrogen (secondary N) is 3. The first-order chi connectivity index (χ1) is 14.8. The first kappa shape index (κ1) is 19.5. The molecule has 0 saturated heterocycles. The number of pyridine rings is 1. The van der Waals surface area contributed by atoms with Gasteiger partial charge in [-0.15, -0.1) is 21.5 Å². The highest BCUT2D eigenvalue weighted by Gasteiger charge is 2.06. The van der Waals surface area contributed by atoms with E-state index >= 15 is 0 Å². The molecular formula is C22H20N6OS. The van der Waals surface area contributed by atoms with Crippen LogP contribution in [-0.4, -0.2) is 34.2 Å². The number of rotatable bonds is 8. The molecule has 7 nitrogen and oxygen atoms in total. The largest absolute Gasteiger partial charge is 0.367 e. The van der Waals surface area contributed by atoms with Crippen molar-refractivity contribution in [3.05, 3.63) is 83.9 Å². The van der Waals surface area contributed by atoms with Crippen LogP contribution in [0, 0.1) is 0 Å². The van der Waals surface area contributed by atoms with E-state index in [1.54, 1.807) is 17.5 Å². The zero-order valence-electron chi connectivity index (χ0n) is 16.1. The van der Waals surface area contributed by atoms with E-state index in [1.807, 2.05) is 66.0 Å². The molecule has 0 atom stereocenters. The second-order valence-corrected chi connectivity index (χ2v) is 7.33. The van der Waals surface area contributed by atoms with E-state index in [-0.39, 0.29) is 5.91 Å². The van der Waals surface area contributed by atoms with Gasteiger partial charge in [-0.25, -0.2) is 4.98 Å². The molecule has 0 saturated carbocycles. The number of carbonyl (C=O) groups excluding carboxylic acids is 1. The normalized spacial score (nSPS) is 10.4. The zero-order chi connectivity index (χ0) is 20.6. The Hall–Kier alpha value is -3.78. The van der Waals surface area contributed by atoms with Gasteiger partial charge in [0.05, 0.1) is 0 Å². The van der Waals surface area contributed by atoms with Crippen molar-refractivity contribution in [2.75, 3.05) is 23.7 Å². The molecule has 0 radical (unpaired) electrons. The van der Waals surface area contributed by atoms with E-state index in [2.05, 4.69) is 37.2 Å². The van der Waals surface area contributed by atoms with Gasteiger partial charge in [0.15, 0.2) is 5.82 Å². The summed E-state index contributed by atoms with van der Waals surface area (Å²) >= 11 is 1.68. The Morgan fingerprint density at radius 1 is 0.833 bits per heavy atom. The maximum atomic E-state index is 12.3. The van der Waals surface area contributed by atoms with Gasteiger partial charge in [0.25, 0.3) is 5.91 Å². The predicted molar refractivity (Wildman–Crippen MR) is 120 cm³/mol. The Labute approximate surface area is 178 Å². The Bertz CT molecular complexity index is 1070. The number of carbonyl (C=O) groups is 1. The van der Waals surface area contributed by atoms with Gasteiger partial charge in [-0.2, -0.15) is 0 Å². The second kappa shape index (κ2) is 9.62. The molecule has 8 heteroatoms. The number of thiophene rings is 1. The Morgan fingerprint density at radius 3 is 2.37 bits per heavy atom. The number of aromatic nitrogens is 3. The summed E-state index contributed by atoms with van der Waals surface area (Å²) in [5.41, 5.74) is 1.75. The van der Waals surface area contributed by atoms with Crippen LogP contribution in [0.4, 0.5) is 17.5 Å². The van der Waals surface area contributed by atoms with E-state index in [0.717, 1.165) is 5.56 Å². The van der Waals surface area contributed by atoms with Crippen LogP contribution in [0.1, 0.15) is 10.4 Å². The molecule has 0 bridgehead atoms. The molecule has 4 aromatic rings. The minimum atomic E-state index is -0.101. The minimum Gasteiger partial charge on any atom is -0.367 e. The van der Waals surface area contributed by atoms with Gasteiger partial charge in [-0.1, -0.05) is 24.3 Å². The fraction of sp³-hybridized carbons (Fsp3) is 0.0909. The number of benzene rings is 1. The van der Waals surface area contributed by atoms with Crippen LogP contribution in [0.3, 0.4) is 0 Å². The van der Waals surface area contributed by atoms with Crippen LogP contribution >= 0.6 is 11.3 Å². The van der Waals surface area contributed by atoms with Crippen molar-refractivity contribution >= 4 is 34.7 Å². The van der Waals surface area contributed by atoms with Crippen molar-refractivity contribution in [1.82, 2.24) is 20.5 Å². The first-order valence-electron chi connectivity index (χ1n) is 9.46. The van der Waals surface area contributed by atoms with Crippen LogP contribution in [0.2, 0.25) is 0 Å². The lowest BCUT2D eigenvalue weighted by Gasteiger charge is -2.08. The SMILES string of the molecule is O=C(NCCNc1ccc(Nc2ccccn2)nn1)c1ccc(-c2cccs2)cc1. The van der Waals surface area contributed by atoms with Crippen molar-refractivity contribution in [3.63, 3.8) is 0 Å². The molecule has 4 rings (SSSR count). The summed E-state index contributed by atoms with van der Waals surface area (Å²) in [5, 5.41) is 19.4. The third-order valence-electron chi connectivity index (χ3n) is 4.26. The molecule has 1 aromatic carbocycles. The fourth-order valence-electron chi connectivity index (χ4n) is 2.76. The third-order valence-corrected chi connectivity index (χ3v) is 5.17. The van der Waals surface area contributed by atoms with Crippen LogP contribution < -0.4 is 16.0 Å². The number of hydrogen-bond acceptors (Lipinski definition) is 7. The number of nitrogens with zero attached hydrogens (tertiary/aromatic N) is 3. The highest BCUT2D eigenvalue weighted by molar-refractivity contribution is 7.13. The summed E-state index contributed by atoms with van der Waals surface area (Å²) in [6, 6.07) is 20.9. The Balaban J connectivity index is 1.21. The Kier molecular flexibility index (Phi) is 6.26. The fourth-order valence-corrected chi connectivity index (χ4v) is 3.49. The monoisotopic (exact) mass is 416 g/mol. The molecule has 0 fully saturated rings. The van der Waals surface area contributed by atoms with Crippen molar-refractivity contribution in [2.24, 2.45) is 0 Å². The Morgan fingerprint density at radius 2 is 1.67 bits per heavy atom. The van der Waals surface area contributed by atoms with Crippen molar-refractivity contribution in [1.29, 1.82) is 0 Å². The lowest BCUT2D eigenvalue weighted by Crippen LogP contribution is -2.28. The molecule has 3 N–H and O–H groups in total. The van der Waals surface area contributed by atoms with Crippen LogP contribution in [0.5, 0.6) is 0 Å². The maximum absolute atomic E-state index is 12.3. The van der Waals surface area contributed by atoms with E-state index in [4.69, 9.17) is 0 Å². The number of amides is 1. The lowest BCUT2D eigenvalue weighted by atomic mass is 10.1. The van der Waals surface area contributed by atoms with E-state index in [9.17, 15) is 4.79 Å². The van der Waals surface area contributed by atoms with Gasteiger partial charge >= 0.3 is 0 Å². The molecule has 0 aliphatic rings. The van der Waals surface area contributed by atoms with E-state index < -0.39 is 0 Å². The smallest absolute Gasteiger partial charge is 0.251 e. The summed E-state index contributed by atoms with van der Waals surface area (Å²) in [6.07, 6.45) is 1.71. The number of anilines is 3. The lowest BCUT2D eigenvalue weighted by molar-refractivity contribution is 0.0955. The average Bonchev–Trinajstić information content (AvgIpc) is 3.33. The van der Waals surface area contributed by atoms with Gasteiger partial charge in [0.2, 0.25) is 0 Å². The molecular weight excluding hydrogens is 396 g/mol. The molecule has 3 heterocycles. The third kappa shape index (κ3) is 5.18. The minimum absolute atomic E-state index is 0.101. The van der Waals surface area contributed by atoms with Crippen LogP contribution in [0.15, 0.2) is 78.3 Å². The van der Waals surface area contributed by atoms with Gasteiger partial charge in [-0.3, -0.25) is 4.79 Å². The topological polar surface area (TPSA) is 91.8 Å². The van der Waals surface area contributed by atoms with Gasteiger partial charge < -0.3 is 16.0 Å². The first-order valence-corrected chi connectivity index (χ1v) is 10.3. The standard InChI is InChI=1S/C22H20N6OS/c29-22(17-8-6-16(7-9-17)18-4-3-15-30-18)25-14-13-24-20-10-11-21(28-27-20)26-19-5-1-2-12-23-19/h1-12,15H,13-14H2,(H,24,27)(H,25,29)(H,23,26,28). The highest BCUT2D eigenvalue weighted by atomic mass is 32.1. The van der Waals surface area contributed by atoms with Gasteiger partial charge in [0, 0.05) is 29.7 Å². The molecule has 30 heavy (non-hydrogen) atoms. The quantitative estimate of drug-likeness (QED) is 0.373. The summed E-state index contributed by atoms with van der Waals surface area (Å²) in [7, 11) is 0. The second-order valence-electron chi connectivity index (χ2n) is 6.38. The van der Waals surface area contributed by atoms with Gasteiger partial charge in [0.1, 0.15) is 11.6 Å². The molecule has 0 aliphatic heterocycles. The molecule has 0 unspecified atom stereocenters. The number of hydrogen-bond donors (Lipinski definition) is 3. The maximum Gasteiger partial charge on any atom is 0.251 e. The molecule has 0 spiro atoms. The van der Waals surface area contributed by atoms with Crippen molar-refractivity contribution in [2.45, 2.75) is 0 Å². The molecule has 150 valence electrons. The molecule has 0 aliphatic carbocycles. The summed E-state index contributed by atoms with van der Waals surface area (Å²) in [6.45, 7) is 1.02.